The summed E-state index contributed by atoms with van der Waals surface area (Å²) in [4.78, 5) is 34.5. The number of piperidine rings is 1. The molecule has 2 bridgehead atoms. The second kappa shape index (κ2) is 10.4. The average molecular weight is 572 g/mol. The maximum atomic E-state index is 13.7. The standard InChI is InChI=1S/C27H28F3N7O4/c1-26(2)40-14-19(41-26)13-39-22-10-21(32-15-33-22)34-25(38)37-18-7-4-8-36(12-18)20-11-31-23(35-24(20)37)16-5-3-6-17(9-16)27(28,29)30/h3,5-6,9-11,15,18-19H,4,7-8,12-14H2,1-2H3,(H,32,33,34,38)/t18?,19-/m0/s1. The summed E-state index contributed by atoms with van der Waals surface area (Å²) in [6, 6.07) is 5.65. The molecular formula is C27H28F3N7O4. The smallest absolute Gasteiger partial charge is 0.416 e. The Morgan fingerprint density at radius 2 is 2.07 bits per heavy atom. The van der Waals surface area contributed by atoms with E-state index in [4.69, 9.17) is 14.2 Å². The number of alkyl halides is 3. The fourth-order valence-electron chi connectivity index (χ4n) is 5.24. The minimum absolute atomic E-state index is 0.0906. The fourth-order valence-corrected chi connectivity index (χ4v) is 5.24. The Bertz CT molecular complexity index is 1450. The summed E-state index contributed by atoms with van der Waals surface area (Å²) in [5.74, 6) is 0.208. The van der Waals surface area contributed by atoms with Gasteiger partial charge in [-0.2, -0.15) is 13.2 Å². The zero-order valence-electron chi connectivity index (χ0n) is 22.4. The lowest BCUT2D eigenvalue weighted by Gasteiger charge is -2.45. The monoisotopic (exact) mass is 571 g/mol. The number of rotatable bonds is 5. The lowest BCUT2D eigenvalue weighted by molar-refractivity contribution is -0.141. The van der Waals surface area contributed by atoms with Gasteiger partial charge in [0.15, 0.2) is 17.4 Å². The Labute approximate surface area is 233 Å². The molecule has 5 heterocycles. The highest BCUT2D eigenvalue weighted by molar-refractivity contribution is 6.04. The minimum Gasteiger partial charge on any atom is -0.475 e. The zero-order chi connectivity index (χ0) is 28.8. The van der Waals surface area contributed by atoms with Crippen molar-refractivity contribution < 1.29 is 32.2 Å². The van der Waals surface area contributed by atoms with Gasteiger partial charge >= 0.3 is 12.2 Å². The van der Waals surface area contributed by atoms with Crippen molar-refractivity contribution in [2.45, 2.75) is 50.8 Å². The molecule has 1 unspecified atom stereocenters. The second-order valence-electron chi connectivity index (χ2n) is 10.5. The molecule has 2 aromatic heterocycles. The summed E-state index contributed by atoms with van der Waals surface area (Å²) in [6.07, 6.45) is -0.327. The molecule has 11 nitrogen and oxygen atoms in total. The molecular weight excluding hydrogens is 543 g/mol. The van der Waals surface area contributed by atoms with Crippen molar-refractivity contribution in [3.05, 3.63) is 48.4 Å². The summed E-state index contributed by atoms with van der Waals surface area (Å²) in [7, 11) is 0. The van der Waals surface area contributed by atoms with Crippen LogP contribution in [0.3, 0.4) is 0 Å². The van der Waals surface area contributed by atoms with Crippen molar-refractivity contribution in [1.29, 1.82) is 0 Å². The van der Waals surface area contributed by atoms with Gasteiger partial charge in [0.2, 0.25) is 5.88 Å². The van der Waals surface area contributed by atoms with Crippen molar-refractivity contribution in [1.82, 2.24) is 19.9 Å². The number of carbonyl (C=O) groups is 1. The molecule has 3 aliphatic heterocycles. The SMILES string of the molecule is CC1(C)OC[C@H](COc2cc(NC(=O)N3c4nc(-c5cccc(C(F)(F)F)c5)ncc4N4CCCC3C4)ncn2)O1. The molecule has 2 saturated heterocycles. The molecule has 3 aliphatic rings. The van der Waals surface area contributed by atoms with Gasteiger partial charge in [0.05, 0.1) is 30.1 Å². The third-order valence-corrected chi connectivity index (χ3v) is 7.11. The van der Waals surface area contributed by atoms with Crippen molar-refractivity contribution in [3.8, 4) is 17.3 Å². The molecule has 41 heavy (non-hydrogen) atoms. The van der Waals surface area contributed by atoms with Gasteiger partial charge in [0.1, 0.15) is 24.9 Å². The predicted molar refractivity (Wildman–Crippen MR) is 142 cm³/mol. The first-order valence-corrected chi connectivity index (χ1v) is 13.2. The first kappa shape index (κ1) is 27.1. The zero-order valence-corrected chi connectivity index (χ0v) is 22.4. The number of carbonyl (C=O) groups excluding carboxylic acids is 1. The Kier molecular flexibility index (Phi) is 6.90. The lowest BCUT2D eigenvalue weighted by Crippen LogP contribution is -2.56. The normalized spacial score (nSPS) is 21.4. The van der Waals surface area contributed by atoms with Crippen LogP contribution < -0.4 is 19.9 Å². The number of ether oxygens (including phenoxy) is 3. The van der Waals surface area contributed by atoms with Gasteiger partial charge in [0, 0.05) is 24.7 Å². The number of aromatic nitrogens is 4. The van der Waals surface area contributed by atoms with Gasteiger partial charge in [-0.05, 0) is 38.8 Å². The topological polar surface area (TPSA) is 115 Å². The number of amides is 2. The van der Waals surface area contributed by atoms with Crippen molar-refractivity contribution in [3.63, 3.8) is 0 Å². The highest BCUT2D eigenvalue weighted by Gasteiger charge is 2.39. The molecule has 2 amide bonds. The van der Waals surface area contributed by atoms with Crippen LogP contribution in [-0.4, -0.2) is 70.2 Å². The van der Waals surface area contributed by atoms with E-state index in [1.54, 1.807) is 6.20 Å². The summed E-state index contributed by atoms with van der Waals surface area (Å²) in [5.41, 5.74) is 0.0376. The molecule has 1 aromatic carbocycles. The van der Waals surface area contributed by atoms with Crippen molar-refractivity contribution >= 4 is 23.4 Å². The van der Waals surface area contributed by atoms with Gasteiger partial charge in [-0.25, -0.2) is 24.7 Å². The Hall–Kier alpha value is -4.04. The summed E-state index contributed by atoms with van der Waals surface area (Å²) < 4.78 is 57.0. The van der Waals surface area contributed by atoms with E-state index in [2.05, 4.69) is 30.2 Å². The van der Waals surface area contributed by atoms with Crippen LogP contribution in [0.4, 0.5) is 35.3 Å². The molecule has 216 valence electrons. The second-order valence-corrected chi connectivity index (χ2v) is 10.5. The van der Waals surface area contributed by atoms with Gasteiger partial charge in [-0.3, -0.25) is 10.2 Å². The quantitative estimate of drug-likeness (QED) is 0.473. The highest BCUT2D eigenvalue weighted by Crippen LogP contribution is 2.39. The summed E-state index contributed by atoms with van der Waals surface area (Å²) >= 11 is 0. The van der Waals surface area contributed by atoms with E-state index in [-0.39, 0.29) is 41.8 Å². The van der Waals surface area contributed by atoms with E-state index >= 15 is 0 Å². The van der Waals surface area contributed by atoms with Gasteiger partial charge in [-0.1, -0.05) is 12.1 Å². The number of nitrogens with one attached hydrogen (secondary N) is 1. The number of fused-ring (bicyclic) bond motifs is 4. The molecule has 0 spiro atoms. The van der Waals surface area contributed by atoms with Crippen LogP contribution >= 0.6 is 0 Å². The first-order valence-electron chi connectivity index (χ1n) is 13.2. The highest BCUT2D eigenvalue weighted by atomic mass is 19.4. The maximum absolute atomic E-state index is 13.7. The van der Waals surface area contributed by atoms with Crippen LogP contribution in [0, 0.1) is 0 Å². The van der Waals surface area contributed by atoms with E-state index < -0.39 is 23.6 Å². The molecule has 6 rings (SSSR count). The van der Waals surface area contributed by atoms with Crippen molar-refractivity contribution in [2.75, 3.05) is 41.4 Å². The van der Waals surface area contributed by atoms with Crippen LogP contribution in [0.2, 0.25) is 0 Å². The van der Waals surface area contributed by atoms with Crippen LogP contribution in [0.15, 0.2) is 42.9 Å². The average Bonchev–Trinajstić information content (AvgIpc) is 3.30. The molecule has 3 aromatic rings. The number of urea groups is 1. The number of anilines is 3. The molecule has 0 saturated carbocycles. The van der Waals surface area contributed by atoms with Crippen LogP contribution in [0.1, 0.15) is 32.3 Å². The van der Waals surface area contributed by atoms with Gasteiger partial charge < -0.3 is 19.1 Å². The Morgan fingerprint density at radius 1 is 1.22 bits per heavy atom. The Morgan fingerprint density at radius 3 is 2.85 bits per heavy atom. The summed E-state index contributed by atoms with van der Waals surface area (Å²) in [5, 5.41) is 2.80. The largest absolute Gasteiger partial charge is 0.475 e. The lowest BCUT2D eigenvalue weighted by atomic mass is 10.0. The minimum atomic E-state index is -4.51. The van der Waals surface area contributed by atoms with Gasteiger partial charge in [-0.15, -0.1) is 0 Å². The third-order valence-electron chi connectivity index (χ3n) is 7.11. The summed E-state index contributed by atoms with van der Waals surface area (Å²) in [6.45, 7) is 5.60. The fraction of sp³-hybridized carbons (Fsp3) is 0.444. The maximum Gasteiger partial charge on any atom is 0.416 e. The molecule has 0 radical (unpaired) electrons. The molecule has 0 aliphatic carbocycles. The van der Waals surface area contributed by atoms with E-state index in [0.717, 1.165) is 31.5 Å². The molecule has 1 N–H and O–H groups in total. The number of nitrogens with zero attached hydrogens (tertiary/aromatic N) is 6. The van der Waals surface area contributed by atoms with Crippen LogP contribution in [0.5, 0.6) is 5.88 Å². The van der Waals surface area contributed by atoms with Crippen LogP contribution in [-0.2, 0) is 15.7 Å². The molecule has 2 fully saturated rings. The first-order chi connectivity index (χ1) is 19.6. The number of hydrogen-bond acceptors (Lipinski definition) is 9. The number of halogens is 3. The van der Waals surface area contributed by atoms with E-state index in [9.17, 15) is 18.0 Å². The number of benzene rings is 1. The van der Waals surface area contributed by atoms with E-state index in [1.807, 2.05) is 13.8 Å². The van der Waals surface area contributed by atoms with E-state index in [0.29, 0.717) is 24.7 Å². The third kappa shape index (κ3) is 5.75. The number of hydrogen-bond donors (Lipinski definition) is 1. The van der Waals surface area contributed by atoms with Gasteiger partial charge in [0.25, 0.3) is 0 Å². The van der Waals surface area contributed by atoms with Crippen molar-refractivity contribution in [2.24, 2.45) is 0 Å². The molecule has 2 atom stereocenters. The van der Waals surface area contributed by atoms with E-state index in [1.165, 1.54) is 29.4 Å². The van der Waals surface area contributed by atoms with Crippen LogP contribution in [0.25, 0.3) is 11.4 Å². The Balaban J connectivity index is 1.24. The predicted octanol–water partition coefficient (Wildman–Crippen LogP) is 4.50. The molecule has 14 heteroatoms.